The Labute approximate surface area is 66.4 Å². The Balaban J connectivity index is 2.53. The molecule has 1 fully saturated rings. The van der Waals surface area contributed by atoms with E-state index in [1.165, 1.54) is 7.11 Å². The van der Waals surface area contributed by atoms with Crippen molar-refractivity contribution in [3.05, 3.63) is 12.7 Å². The Kier molecular flexibility index (Phi) is 2.11. The molecule has 1 rings (SSSR count). The Morgan fingerprint density at radius 1 is 1.73 bits per heavy atom. The zero-order valence-corrected chi connectivity index (χ0v) is 6.82. The predicted molar refractivity (Wildman–Crippen MR) is 43.6 cm³/mol. The minimum Gasteiger partial charge on any atom is -0.363 e. The number of methoxy groups -OCH3 is 1. The summed E-state index contributed by atoms with van der Waals surface area (Å²) in [4.78, 5) is 4.04. The molecule has 0 aromatic rings. The highest BCUT2D eigenvalue weighted by Crippen LogP contribution is 2.46. The van der Waals surface area contributed by atoms with Crippen molar-refractivity contribution in [2.45, 2.75) is 18.8 Å². The van der Waals surface area contributed by atoms with Gasteiger partial charge < -0.3 is 9.84 Å². The lowest BCUT2D eigenvalue weighted by Crippen LogP contribution is -2.16. The van der Waals surface area contributed by atoms with Crippen LogP contribution in [0.25, 0.3) is 0 Å². The van der Waals surface area contributed by atoms with E-state index in [9.17, 15) is 5.11 Å². The first kappa shape index (κ1) is 8.43. The van der Waals surface area contributed by atoms with Gasteiger partial charge in [0.1, 0.15) is 6.04 Å². The molecule has 0 saturated heterocycles. The second-order valence-electron chi connectivity index (χ2n) is 2.72. The van der Waals surface area contributed by atoms with Crippen LogP contribution in [0.3, 0.4) is 0 Å². The summed E-state index contributed by atoms with van der Waals surface area (Å²) in [5.41, 5.74) is 0. The molecule has 3 heteroatoms. The van der Waals surface area contributed by atoms with Crippen molar-refractivity contribution in [1.82, 2.24) is 0 Å². The molecular formula is C8H13NO2. The molecule has 1 saturated carbocycles. The lowest BCUT2D eigenvalue weighted by molar-refractivity contribution is -0.115. The molecule has 0 aromatic heterocycles. The van der Waals surface area contributed by atoms with Crippen molar-refractivity contribution < 1.29 is 9.84 Å². The van der Waals surface area contributed by atoms with Gasteiger partial charge in [0.15, 0.2) is 5.79 Å². The first-order chi connectivity index (χ1) is 5.16. The van der Waals surface area contributed by atoms with Crippen molar-refractivity contribution in [3.63, 3.8) is 0 Å². The number of ether oxygens (including phenoxy) is 1. The molecule has 0 amide bonds. The number of aliphatic hydroxyl groups is 1. The number of aliphatic imine (C=N–C) groups is 1. The Bertz CT molecular complexity index is 191. The van der Waals surface area contributed by atoms with E-state index in [-0.39, 0.29) is 12.0 Å². The summed E-state index contributed by atoms with van der Waals surface area (Å²) >= 11 is 0. The van der Waals surface area contributed by atoms with Crippen molar-refractivity contribution in [3.8, 4) is 0 Å². The molecule has 62 valence electrons. The van der Waals surface area contributed by atoms with E-state index in [0.717, 1.165) is 0 Å². The highest BCUT2D eigenvalue weighted by atomic mass is 16.6. The van der Waals surface area contributed by atoms with Crippen LogP contribution < -0.4 is 0 Å². The number of hydrogen-bond donors (Lipinski definition) is 1. The fraction of sp³-hybridized carbons (Fsp3) is 0.625. The standard InChI is InChI=1S/C8H13NO2/c1-4-5-9-7-6(2)8(7,10)11-3/h4-7,10H,1H2,2-3H3/b9-5+. The Morgan fingerprint density at radius 2 is 2.36 bits per heavy atom. The van der Waals surface area contributed by atoms with Crippen molar-refractivity contribution in [1.29, 1.82) is 0 Å². The maximum atomic E-state index is 9.52. The van der Waals surface area contributed by atoms with E-state index in [0.29, 0.717) is 0 Å². The molecule has 0 spiro atoms. The van der Waals surface area contributed by atoms with E-state index < -0.39 is 5.79 Å². The molecule has 0 aliphatic heterocycles. The third kappa shape index (κ3) is 1.21. The summed E-state index contributed by atoms with van der Waals surface area (Å²) in [7, 11) is 1.49. The van der Waals surface area contributed by atoms with Gasteiger partial charge in [-0.3, -0.25) is 4.99 Å². The fourth-order valence-electron chi connectivity index (χ4n) is 1.19. The topological polar surface area (TPSA) is 41.8 Å². The summed E-state index contributed by atoms with van der Waals surface area (Å²) in [6, 6.07) is -0.120. The number of hydrogen-bond acceptors (Lipinski definition) is 3. The quantitative estimate of drug-likeness (QED) is 0.479. The molecule has 3 atom stereocenters. The number of nitrogens with zero attached hydrogens (tertiary/aromatic N) is 1. The lowest BCUT2D eigenvalue weighted by Gasteiger charge is -2.04. The molecule has 1 aliphatic rings. The van der Waals surface area contributed by atoms with Crippen molar-refractivity contribution in [2.75, 3.05) is 7.11 Å². The minimum atomic E-state index is -1.03. The summed E-state index contributed by atoms with van der Waals surface area (Å²) in [5.74, 6) is -0.942. The first-order valence-corrected chi connectivity index (χ1v) is 3.58. The molecule has 0 bridgehead atoms. The molecule has 1 N–H and O–H groups in total. The lowest BCUT2D eigenvalue weighted by atomic mass is 10.5. The van der Waals surface area contributed by atoms with E-state index in [1.54, 1.807) is 12.3 Å². The Hall–Kier alpha value is -0.670. The summed E-state index contributed by atoms with van der Waals surface area (Å²) < 4.78 is 4.88. The van der Waals surface area contributed by atoms with E-state index in [4.69, 9.17) is 4.74 Å². The monoisotopic (exact) mass is 155 g/mol. The molecule has 0 heterocycles. The van der Waals surface area contributed by atoms with Crippen molar-refractivity contribution >= 4 is 6.21 Å². The smallest absolute Gasteiger partial charge is 0.193 e. The predicted octanol–water partition coefficient (Wildman–Crippen LogP) is 0.597. The minimum absolute atomic E-state index is 0.0868. The van der Waals surface area contributed by atoms with Crippen LogP contribution in [0.2, 0.25) is 0 Å². The van der Waals surface area contributed by atoms with Gasteiger partial charge in [0.25, 0.3) is 0 Å². The van der Waals surface area contributed by atoms with Crippen LogP contribution in [0.5, 0.6) is 0 Å². The molecular weight excluding hydrogens is 142 g/mol. The Morgan fingerprint density at radius 3 is 2.73 bits per heavy atom. The van der Waals surface area contributed by atoms with Crippen LogP contribution in [0.4, 0.5) is 0 Å². The SMILES string of the molecule is C=C/C=N/C1C(C)C1(O)OC. The summed E-state index contributed by atoms with van der Waals surface area (Å²) in [6.45, 7) is 5.38. The maximum absolute atomic E-state index is 9.52. The highest BCUT2D eigenvalue weighted by molar-refractivity contribution is 5.70. The highest BCUT2D eigenvalue weighted by Gasteiger charge is 2.62. The first-order valence-electron chi connectivity index (χ1n) is 3.58. The second kappa shape index (κ2) is 2.75. The maximum Gasteiger partial charge on any atom is 0.193 e. The molecule has 3 unspecified atom stereocenters. The van der Waals surface area contributed by atoms with Gasteiger partial charge >= 0.3 is 0 Å². The van der Waals surface area contributed by atoms with Gasteiger partial charge in [0, 0.05) is 19.2 Å². The zero-order chi connectivity index (χ0) is 8.48. The molecule has 11 heavy (non-hydrogen) atoms. The van der Waals surface area contributed by atoms with E-state index in [1.807, 2.05) is 6.92 Å². The van der Waals surface area contributed by atoms with Crippen LogP contribution in [0, 0.1) is 5.92 Å². The van der Waals surface area contributed by atoms with Gasteiger partial charge in [0.2, 0.25) is 0 Å². The fourth-order valence-corrected chi connectivity index (χ4v) is 1.19. The van der Waals surface area contributed by atoms with Gasteiger partial charge in [0.05, 0.1) is 0 Å². The van der Waals surface area contributed by atoms with Gasteiger partial charge in [-0.25, -0.2) is 0 Å². The van der Waals surface area contributed by atoms with Gasteiger partial charge in [-0.2, -0.15) is 0 Å². The second-order valence-corrected chi connectivity index (χ2v) is 2.72. The van der Waals surface area contributed by atoms with E-state index in [2.05, 4.69) is 11.6 Å². The molecule has 1 aliphatic carbocycles. The summed E-state index contributed by atoms with van der Waals surface area (Å²) in [5, 5.41) is 9.52. The molecule has 0 aromatic carbocycles. The van der Waals surface area contributed by atoms with Crippen LogP contribution in [0.1, 0.15) is 6.92 Å². The van der Waals surface area contributed by atoms with Gasteiger partial charge in [-0.15, -0.1) is 0 Å². The van der Waals surface area contributed by atoms with Gasteiger partial charge in [-0.05, 0) is 0 Å². The number of rotatable bonds is 3. The van der Waals surface area contributed by atoms with Crippen LogP contribution in [-0.2, 0) is 4.74 Å². The van der Waals surface area contributed by atoms with Crippen LogP contribution >= 0.6 is 0 Å². The zero-order valence-electron chi connectivity index (χ0n) is 6.82. The van der Waals surface area contributed by atoms with Crippen molar-refractivity contribution in [2.24, 2.45) is 10.9 Å². The summed E-state index contributed by atoms with van der Waals surface area (Å²) in [6.07, 6.45) is 3.17. The average Bonchev–Trinajstić information content (AvgIpc) is 2.53. The number of allylic oxidation sites excluding steroid dienone is 1. The van der Waals surface area contributed by atoms with E-state index >= 15 is 0 Å². The largest absolute Gasteiger partial charge is 0.363 e. The third-order valence-corrected chi connectivity index (χ3v) is 2.12. The average molecular weight is 155 g/mol. The normalized spacial score (nSPS) is 42.8. The third-order valence-electron chi connectivity index (χ3n) is 2.12. The molecule has 3 nitrogen and oxygen atoms in total. The molecule has 0 radical (unpaired) electrons. The van der Waals surface area contributed by atoms with Crippen LogP contribution in [-0.4, -0.2) is 30.3 Å². The van der Waals surface area contributed by atoms with Gasteiger partial charge in [-0.1, -0.05) is 19.6 Å². The van der Waals surface area contributed by atoms with Crippen LogP contribution in [0.15, 0.2) is 17.6 Å².